The predicted molar refractivity (Wildman–Crippen MR) is 94.6 cm³/mol. The van der Waals surface area contributed by atoms with Gasteiger partial charge in [-0.05, 0) is 48.6 Å². The largest absolute Gasteiger partial charge is 0.508 e. The first kappa shape index (κ1) is 14.7. The third-order valence-corrected chi connectivity index (χ3v) is 4.17. The first-order chi connectivity index (χ1) is 10.7. The summed E-state index contributed by atoms with van der Waals surface area (Å²) in [5, 5.41) is 13.4. The van der Waals surface area contributed by atoms with Crippen LogP contribution in [0.2, 0.25) is 0 Å². The number of phenolic OH excluding ortho intramolecular Hbond substituents is 1. The quantitative estimate of drug-likeness (QED) is 0.834. The van der Waals surface area contributed by atoms with Crippen LogP contribution >= 0.6 is 12.2 Å². The fraction of sp³-hybridized carbons (Fsp3) is 0.235. The Hall–Kier alpha value is -2.27. The molecule has 114 valence electrons. The highest BCUT2D eigenvalue weighted by atomic mass is 32.1. The van der Waals surface area contributed by atoms with Crippen molar-refractivity contribution in [2.45, 2.75) is 0 Å². The Labute approximate surface area is 136 Å². The number of thiocarbonyl (C=S) groups is 1. The van der Waals surface area contributed by atoms with Crippen LogP contribution in [0.15, 0.2) is 54.6 Å². The molecule has 3 rings (SSSR count). The fourth-order valence-corrected chi connectivity index (χ4v) is 2.86. The minimum absolute atomic E-state index is 0.302. The Morgan fingerprint density at radius 3 is 2.18 bits per heavy atom. The van der Waals surface area contributed by atoms with Crippen molar-refractivity contribution in [1.29, 1.82) is 0 Å². The zero-order valence-corrected chi connectivity index (χ0v) is 13.1. The van der Waals surface area contributed by atoms with E-state index in [9.17, 15) is 5.11 Å². The first-order valence-corrected chi connectivity index (χ1v) is 7.78. The summed E-state index contributed by atoms with van der Waals surface area (Å²) in [5.74, 6) is 0.302. The van der Waals surface area contributed by atoms with E-state index in [0.29, 0.717) is 5.75 Å². The van der Waals surface area contributed by atoms with E-state index >= 15 is 0 Å². The van der Waals surface area contributed by atoms with Crippen LogP contribution in [0.5, 0.6) is 5.75 Å². The number of rotatable bonds is 2. The van der Waals surface area contributed by atoms with Gasteiger partial charge in [0.15, 0.2) is 5.11 Å². The maximum absolute atomic E-state index is 9.36. The van der Waals surface area contributed by atoms with Gasteiger partial charge in [0.1, 0.15) is 5.75 Å². The normalized spacial score (nSPS) is 14.7. The zero-order valence-electron chi connectivity index (χ0n) is 12.3. The lowest BCUT2D eigenvalue weighted by Crippen LogP contribution is -2.50. The molecular formula is C17H19N3OS. The molecule has 0 saturated carbocycles. The second kappa shape index (κ2) is 6.66. The maximum atomic E-state index is 9.36. The summed E-state index contributed by atoms with van der Waals surface area (Å²) < 4.78 is 0. The van der Waals surface area contributed by atoms with E-state index in [-0.39, 0.29) is 0 Å². The zero-order chi connectivity index (χ0) is 15.4. The second-order valence-corrected chi connectivity index (χ2v) is 5.67. The van der Waals surface area contributed by atoms with E-state index in [0.717, 1.165) is 42.7 Å². The van der Waals surface area contributed by atoms with Gasteiger partial charge in [0, 0.05) is 37.6 Å². The van der Waals surface area contributed by atoms with Crippen LogP contribution < -0.4 is 10.2 Å². The third-order valence-electron chi connectivity index (χ3n) is 3.81. The number of piperazine rings is 1. The molecule has 2 aromatic carbocycles. The van der Waals surface area contributed by atoms with Crippen molar-refractivity contribution in [2.24, 2.45) is 0 Å². The smallest absolute Gasteiger partial charge is 0.173 e. The summed E-state index contributed by atoms with van der Waals surface area (Å²) in [6.07, 6.45) is 0. The molecule has 4 nitrogen and oxygen atoms in total. The van der Waals surface area contributed by atoms with Crippen molar-refractivity contribution >= 4 is 28.7 Å². The molecule has 5 heteroatoms. The fourth-order valence-electron chi connectivity index (χ4n) is 2.56. The number of phenols is 1. The van der Waals surface area contributed by atoms with Gasteiger partial charge >= 0.3 is 0 Å². The lowest BCUT2D eigenvalue weighted by molar-refractivity contribution is 0.391. The van der Waals surface area contributed by atoms with Crippen molar-refractivity contribution in [3.8, 4) is 5.75 Å². The molecule has 0 spiro atoms. The van der Waals surface area contributed by atoms with Crippen molar-refractivity contribution < 1.29 is 5.11 Å². The Morgan fingerprint density at radius 2 is 1.55 bits per heavy atom. The number of anilines is 2. The molecule has 0 bridgehead atoms. The number of benzene rings is 2. The van der Waals surface area contributed by atoms with Gasteiger partial charge in [-0.2, -0.15) is 0 Å². The molecule has 0 unspecified atom stereocenters. The van der Waals surface area contributed by atoms with E-state index in [1.54, 1.807) is 12.1 Å². The van der Waals surface area contributed by atoms with Gasteiger partial charge in [-0.25, -0.2) is 0 Å². The second-order valence-electron chi connectivity index (χ2n) is 5.29. The van der Waals surface area contributed by atoms with Gasteiger partial charge in [-0.3, -0.25) is 0 Å². The highest BCUT2D eigenvalue weighted by molar-refractivity contribution is 7.80. The van der Waals surface area contributed by atoms with E-state index in [1.165, 1.54) is 0 Å². The third kappa shape index (κ3) is 3.49. The molecule has 0 aliphatic carbocycles. The van der Waals surface area contributed by atoms with Crippen LogP contribution in [0.3, 0.4) is 0 Å². The van der Waals surface area contributed by atoms with Crippen molar-refractivity contribution in [3.63, 3.8) is 0 Å². The minimum Gasteiger partial charge on any atom is -0.508 e. The number of aromatic hydroxyl groups is 1. The van der Waals surface area contributed by atoms with Crippen LogP contribution in [-0.2, 0) is 0 Å². The molecule has 0 amide bonds. The van der Waals surface area contributed by atoms with Crippen molar-refractivity contribution in [2.75, 3.05) is 36.4 Å². The Kier molecular flexibility index (Phi) is 4.44. The van der Waals surface area contributed by atoms with Crippen LogP contribution in [0.25, 0.3) is 0 Å². The molecule has 2 aromatic rings. The van der Waals surface area contributed by atoms with Crippen LogP contribution in [-0.4, -0.2) is 41.3 Å². The number of nitrogens with one attached hydrogen (secondary N) is 1. The maximum Gasteiger partial charge on any atom is 0.173 e. The van der Waals surface area contributed by atoms with Gasteiger partial charge in [0.2, 0.25) is 0 Å². The highest BCUT2D eigenvalue weighted by Gasteiger charge is 2.19. The van der Waals surface area contributed by atoms with E-state index in [4.69, 9.17) is 12.2 Å². The molecule has 1 heterocycles. The standard InChI is InChI=1S/C17H19N3OS/c21-16-8-6-15(7-9-16)19-10-12-20(13-11-19)17(22)18-14-4-2-1-3-5-14/h1-9,21H,10-13H2,(H,18,22). The molecule has 22 heavy (non-hydrogen) atoms. The number of hydrogen-bond donors (Lipinski definition) is 2. The molecule has 1 aliphatic rings. The summed E-state index contributed by atoms with van der Waals surface area (Å²) >= 11 is 5.49. The van der Waals surface area contributed by atoms with Gasteiger partial charge in [-0.15, -0.1) is 0 Å². The Morgan fingerprint density at radius 1 is 0.909 bits per heavy atom. The monoisotopic (exact) mass is 313 g/mol. The van der Waals surface area contributed by atoms with Crippen LogP contribution in [0, 0.1) is 0 Å². The SMILES string of the molecule is Oc1ccc(N2CCN(C(=S)Nc3ccccc3)CC2)cc1. The summed E-state index contributed by atoms with van der Waals surface area (Å²) in [5.41, 5.74) is 2.16. The van der Waals surface area contributed by atoms with Crippen molar-refractivity contribution in [3.05, 3.63) is 54.6 Å². The summed E-state index contributed by atoms with van der Waals surface area (Å²) in [6, 6.07) is 17.4. The molecule has 2 N–H and O–H groups in total. The topological polar surface area (TPSA) is 38.7 Å². The molecular weight excluding hydrogens is 294 g/mol. The average molecular weight is 313 g/mol. The van der Waals surface area contributed by atoms with Gasteiger partial charge in [0.25, 0.3) is 0 Å². The summed E-state index contributed by atoms with van der Waals surface area (Å²) in [4.78, 5) is 4.50. The number of nitrogens with zero attached hydrogens (tertiary/aromatic N) is 2. The molecule has 1 fully saturated rings. The lowest BCUT2D eigenvalue weighted by atomic mass is 10.2. The van der Waals surface area contributed by atoms with Crippen LogP contribution in [0.1, 0.15) is 0 Å². The van der Waals surface area contributed by atoms with Gasteiger partial charge < -0.3 is 20.2 Å². The molecule has 0 aromatic heterocycles. The first-order valence-electron chi connectivity index (χ1n) is 7.37. The number of hydrogen-bond acceptors (Lipinski definition) is 3. The summed E-state index contributed by atoms with van der Waals surface area (Å²) in [6.45, 7) is 3.61. The Bertz CT molecular complexity index is 622. The van der Waals surface area contributed by atoms with E-state index in [2.05, 4.69) is 15.1 Å². The molecule has 1 aliphatic heterocycles. The number of para-hydroxylation sites is 1. The Balaban J connectivity index is 1.55. The van der Waals surface area contributed by atoms with Gasteiger partial charge in [-0.1, -0.05) is 18.2 Å². The predicted octanol–water partition coefficient (Wildman–Crippen LogP) is 2.91. The van der Waals surface area contributed by atoms with Gasteiger partial charge in [0.05, 0.1) is 0 Å². The summed E-state index contributed by atoms with van der Waals surface area (Å²) in [7, 11) is 0. The van der Waals surface area contributed by atoms with E-state index in [1.807, 2.05) is 42.5 Å². The average Bonchev–Trinajstić information content (AvgIpc) is 2.57. The molecule has 0 radical (unpaired) electrons. The van der Waals surface area contributed by atoms with Crippen molar-refractivity contribution in [1.82, 2.24) is 4.90 Å². The minimum atomic E-state index is 0.302. The van der Waals surface area contributed by atoms with E-state index < -0.39 is 0 Å². The highest BCUT2D eigenvalue weighted by Crippen LogP contribution is 2.20. The molecule has 0 atom stereocenters. The lowest BCUT2D eigenvalue weighted by Gasteiger charge is -2.37. The van der Waals surface area contributed by atoms with Crippen LogP contribution in [0.4, 0.5) is 11.4 Å². The molecule has 1 saturated heterocycles.